The summed E-state index contributed by atoms with van der Waals surface area (Å²) < 4.78 is 0. The first-order valence-electron chi connectivity index (χ1n) is 9.23. The molecule has 0 aliphatic carbocycles. The van der Waals surface area contributed by atoms with Gasteiger partial charge in [-0.15, -0.1) is 5.16 Å². The van der Waals surface area contributed by atoms with Gasteiger partial charge in [-0.2, -0.15) is 0 Å². The molecule has 0 aromatic heterocycles. The van der Waals surface area contributed by atoms with Crippen molar-refractivity contribution in [1.82, 2.24) is 16.0 Å². The molecule has 2 amide bonds. The van der Waals surface area contributed by atoms with E-state index < -0.39 is 11.8 Å². The number of rotatable bonds is 10. The smallest absolute Gasteiger partial charge is 0.269 e. The molecule has 0 aliphatic heterocycles. The molecule has 7 heteroatoms. The Morgan fingerprint density at radius 2 is 1.62 bits per heavy atom. The molecule has 0 fully saturated rings. The summed E-state index contributed by atoms with van der Waals surface area (Å²) >= 11 is 0. The summed E-state index contributed by atoms with van der Waals surface area (Å²) in [6, 6.07) is 18.7. The molecule has 152 valence electrons. The van der Waals surface area contributed by atoms with Crippen LogP contribution < -0.4 is 16.0 Å². The third kappa shape index (κ3) is 6.49. The Hall–Kier alpha value is -3.61. The molecule has 0 saturated carbocycles. The van der Waals surface area contributed by atoms with Gasteiger partial charge in [0.1, 0.15) is 12.3 Å². The lowest BCUT2D eigenvalue weighted by Gasteiger charge is -2.19. The van der Waals surface area contributed by atoms with E-state index in [0.29, 0.717) is 0 Å². The van der Waals surface area contributed by atoms with Crippen LogP contribution in [0, 0.1) is 0 Å². The maximum atomic E-state index is 13.2. The lowest BCUT2D eigenvalue weighted by atomic mass is 9.90. The fraction of sp³-hybridized carbons (Fsp3) is 0.227. The van der Waals surface area contributed by atoms with E-state index >= 15 is 0 Å². The van der Waals surface area contributed by atoms with Gasteiger partial charge in [-0.3, -0.25) is 9.59 Å². The van der Waals surface area contributed by atoms with E-state index in [-0.39, 0.29) is 24.3 Å². The summed E-state index contributed by atoms with van der Waals surface area (Å²) in [5, 5.41) is 11.6. The minimum absolute atomic E-state index is 0.104. The van der Waals surface area contributed by atoms with Crippen molar-refractivity contribution in [2.75, 3.05) is 13.7 Å². The number of carbonyl (C=O) groups excluding carboxylic acids is 2. The molecule has 0 spiro atoms. The number of hydrogen-bond donors (Lipinski definition) is 3. The number of nitrogens with one attached hydrogen (secondary N) is 3. The zero-order chi connectivity index (χ0) is 21.1. The van der Waals surface area contributed by atoms with Gasteiger partial charge in [0.2, 0.25) is 5.91 Å². The summed E-state index contributed by atoms with van der Waals surface area (Å²) in [4.78, 5) is 30.3. The highest BCUT2D eigenvalue weighted by Gasteiger charge is 2.24. The highest BCUT2D eigenvalue weighted by atomic mass is 16.6. The van der Waals surface area contributed by atoms with Crippen LogP contribution in [0.15, 0.2) is 77.7 Å². The van der Waals surface area contributed by atoms with Crippen molar-refractivity contribution < 1.29 is 14.4 Å². The van der Waals surface area contributed by atoms with Crippen LogP contribution in [0.1, 0.15) is 24.0 Å². The van der Waals surface area contributed by atoms with Gasteiger partial charge in [-0.1, -0.05) is 60.7 Å². The summed E-state index contributed by atoms with van der Waals surface area (Å²) in [7, 11) is 1.50. The number of nitrogens with zero attached hydrogens (tertiary/aromatic N) is 1. The first-order chi connectivity index (χ1) is 14.1. The van der Waals surface area contributed by atoms with Crippen molar-refractivity contribution in [3.05, 3.63) is 83.7 Å². The van der Waals surface area contributed by atoms with Crippen LogP contribution in [0.3, 0.4) is 0 Å². The van der Waals surface area contributed by atoms with Crippen molar-refractivity contribution >= 4 is 18.5 Å². The van der Waals surface area contributed by atoms with E-state index in [1.165, 1.54) is 13.2 Å². The largest absolute Gasteiger partial charge is 0.394 e. The van der Waals surface area contributed by atoms with E-state index in [2.05, 4.69) is 27.8 Å². The average molecular weight is 394 g/mol. The molecule has 0 radical (unpaired) electrons. The van der Waals surface area contributed by atoms with Gasteiger partial charge in [-0.05, 0) is 18.1 Å². The molecular formula is C22H26N4O3. The zero-order valence-corrected chi connectivity index (χ0v) is 16.6. The number of likely N-dealkylation sites (N-methyl/N-ethyl adjacent to an activating group) is 1. The summed E-state index contributed by atoms with van der Waals surface area (Å²) in [5.41, 5.74) is 1.77. The first-order valence-corrected chi connectivity index (χ1v) is 9.23. The minimum Gasteiger partial charge on any atom is -0.394 e. The van der Waals surface area contributed by atoms with E-state index in [4.69, 9.17) is 4.84 Å². The van der Waals surface area contributed by atoms with Crippen molar-refractivity contribution in [3.8, 4) is 0 Å². The second-order valence-corrected chi connectivity index (χ2v) is 6.37. The zero-order valence-electron chi connectivity index (χ0n) is 16.6. The molecule has 0 aliphatic rings. The van der Waals surface area contributed by atoms with Crippen LogP contribution in [-0.4, -0.2) is 38.2 Å². The SMILES string of the molecule is C=NOCC(C)NC=C(NC(=O)C(c1ccccc1)c1ccccc1)C(=O)NC. The van der Waals surface area contributed by atoms with Gasteiger partial charge in [0.15, 0.2) is 0 Å². The van der Waals surface area contributed by atoms with Gasteiger partial charge in [0, 0.05) is 20.0 Å². The quantitative estimate of drug-likeness (QED) is 0.327. The standard InChI is InChI=1S/C22H26N4O3/c1-16(15-29-24-3)25-14-19(21(27)23-2)26-22(28)20(17-10-6-4-7-11-17)18-12-8-5-9-13-18/h4-14,16,20,25H,3,15H2,1-2H3,(H,23,27)(H,26,28). The van der Waals surface area contributed by atoms with Crippen molar-refractivity contribution in [3.63, 3.8) is 0 Å². The topological polar surface area (TPSA) is 91.8 Å². The van der Waals surface area contributed by atoms with Gasteiger partial charge < -0.3 is 20.8 Å². The van der Waals surface area contributed by atoms with Gasteiger partial charge in [-0.25, -0.2) is 0 Å². The molecule has 2 aromatic rings. The van der Waals surface area contributed by atoms with Crippen LogP contribution >= 0.6 is 0 Å². The number of benzene rings is 2. The van der Waals surface area contributed by atoms with Crippen LogP contribution in [0.5, 0.6) is 0 Å². The van der Waals surface area contributed by atoms with Crippen LogP contribution in [-0.2, 0) is 14.4 Å². The Labute approximate surface area is 170 Å². The van der Waals surface area contributed by atoms with Crippen molar-refractivity contribution in [2.45, 2.75) is 18.9 Å². The van der Waals surface area contributed by atoms with Crippen molar-refractivity contribution in [2.24, 2.45) is 5.16 Å². The lowest BCUT2D eigenvalue weighted by Crippen LogP contribution is -2.38. The molecule has 0 bridgehead atoms. The van der Waals surface area contributed by atoms with Crippen LogP contribution in [0.25, 0.3) is 0 Å². The van der Waals surface area contributed by atoms with E-state index in [0.717, 1.165) is 11.1 Å². The lowest BCUT2D eigenvalue weighted by molar-refractivity contribution is -0.124. The van der Waals surface area contributed by atoms with E-state index in [1.54, 1.807) is 0 Å². The fourth-order valence-corrected chi connectivity index (χ4v) is 2.72. The maximum Gasteiger partial charge on any atom is 0.269 e. The Balaban J connectivity index is 2.26. The minimum atomic E-state index is -0.559. The highest BCUT2D eigenvalue weighted by molar-refractivity contribution is 5.99. The number of amides is 2. The molecular weight excluding hydrogens is 368 g/mol. The molecule has 29 heavy (non-hydrogen) atoms. The molecule has 3 N–H and O–H groups in total. The van der Waals surface area contributed by atoms with Crippen LogP contribution in [0.2, 0.25) is 0 Å². The molecule has 0 saturated heterocycles. The Morgan fingerprint density at radius 3 is 2.10 bits per heavy atom. The van der Waals surface area contributed by atoms with Gasteiger partial charge in [0.05, 0.1) is 12.0 Å². The molecule has 2 rings (SSSR count). The number of oxime groups is 1. The monoisotopic (exact) mass is 394 g/mol. The Morgan fingerprint density at radius 1 is 1.07 bits per heavy atom. The molecule has 1 atom stereocenters. The summed E-state index contributed by atoms with van der Waals surface area (Å²) in [5.74, 6) is -1.28. The molecule has 2 aromatic carbocycles. The summed E-state index contributed by atoms with van der Waals surface area (Å²) in [6.07, 6.45) is 1.46. The number of carbonyl (C=O) groups is 2. The predicted molar refractivity (Wildman–Crippen MR) is 113 cm³/mol. The van der Waals surface area contributed by atoms with E-state index in [9.17, 15) is 9.59 Å². The van der Waals surface area contributed by atoms with Gasteiger partial charge >= 0.3 is 0 Å². The van der Waals surface area contributed by atoms with Crippen LogP contribution in [0.4, 0.5) is 0 Å². The second-order valence-electron chi connectivity index (χ2n) is 6.37. The highest BCUT2D eigenvalue weighted by Crippen LogP contribution is 2.25. The molecule has 1 unspecified atom stereocenters. The predicted octanol–water partition coefficient (Wildman–Crippen LogP) is 2.13. The maximum absolute atomic E-state index is 13.2. The molecule has 7 nitrogen and oxygen atoms in total. The number of hydrogen-bond acceptors (Lipinski definition) is 5. The third-order valence-electron chi connectivity index (χ3n) is 4.19. The third-order valence-corrected chi connectivity index (χ3v) is 4.19. The Bertz CT molecular complexity index is 798. The fourth-order valence-electron chi connectivity index (χ4n) is 2.72. The average Bonchev–Trinajstić information content (AvgIpc) is 2.76. The summed E-state index contributed by atoms with van der Waals surface area (Å²) in [6.45, 7) is 5.37. The first kappa shape index (κ1) is 21.7. The Kier molecular flexibility index (Phi) is 8.44. The van der Waals surface area contributed by atoms with Crippen molar-refractivity contribution in [1.29, 1.82) is 0 Å². The normalized spacial score (nSPS) is 12.0. The van der Waals surface area contributed by atoms with Gasteiger partial charge in [0.25, 0.3) is 5.91 Å². The van der Waals surface area contributed by atoms with E-state index in [1.807, 2.05) is 67.6 Å². The second kappa shape index (κ2) is 11.3. The molecule has 0 heterocycles.